The molecule has 0 unspecified atom stereocenters. The van der Waals surface area contributed by atoms with Crippen molar-refractivity contribution in [2.45, 2.75) is 20.0 Å². The Morgan fingerprint density at radius 2 is 1.69 bits per heavy atom. The number of fused-ring (bicyclic) bond motifs is 3. The predicted molar refractivity (Wildman–Crippen MR) is 140 cm³/mol. The summed E-state index contributed by atoms with van der Waals surface area (Å²) in [5, 5.41) is 3.73. The quantitative estimate of drug-likeness (QED) is 0.372. The standard InChI is InChI=1S/C28H26N4O4/c1-18-9-10-24-23(11-18)26-27(28(34)31(17-29-26)15-19-7-5-4-6-8-19)32(24)16-25(33)30-20-12-21(35-2)14-22(13-20)36-3/h4-14,17H,15-16H2,1-3H3,(H,30,33). The third-order valence-electron chi connectivity index (χ3n) is 6.11. The highest BCUT2D eigenvalue weighted by Crippen LogP contribution is 2.28. The van der Waals surface area contributed by atoms with Crippen molar-refractivity contribution in [3.8, 4) is 11.5 Å². The Morgan fingerprint density at radius 3 is 2.39 bits per heavy atom. The average Bonchev–Trinajstić information content (AvgIpc) is 3.18. The Balaban J connectivity index is 1.57. The lowest BCUT2D eigenvalue weighted by molar-refractivity contribution is -0.116. The molecule has 5 aromatic rings. The highest BCUT2D eigenvalue weighted by atomic mass is 16.5. The van der Waals surface area contributed by atoms with E-state index in [4.69, 9.17) is 9.47 Å². The van der Waals surface area contributed by atoms with Gasteiger partial charge in [-0.2, -0.15) is 0 Å². The number of anilines is 1. The second-order valence-electron chi connectivity index (χ2n) is 8.62. The van der Waals surface area contributed by atoms with Crippen LogP contribution in [0.2, 0.25) is 0 Å². The molecule has 0 saturated carbocycles. The van der Waals surface area contributed by atoms with Gasteiger partial charge in [-0.3, -0.25) is 14.2 Å². The number of nitrogens with zero attached hydrogens (tertiary/aromatic N) is 3. The maximum atomic E-state index is 13.7. The van der Waals surface area contributed by atoms with E-state index in [1.54, 1.807) is 47.9 Å². The van der Waals surface area contributed by atoms with Crippen molar-refractivity contribution in [1.82, 2.24) is 14.1 Å². The molecule has 2 heterocycles. The number of hydrogen-bond donors (Lipinski definition) is 1. The van der Waals surface area contributed by atoms with E-state index in [0.717, 1.165) is 22.0 Å². The fourth-order valence-electron chi connectivity index (χ4n) is 4.39. The smallest absolute Gasteiger partial charge is 0.278 e. The number of ether oxygens (including phenoxy) is 2. The van der Waals surface area contributed by atoms with Crippen LogP contribution in [0.15, 0.2) is 77.9 Å². The van der Waals surface area contributed by atoms with Gasteiger partial charge in [0, 0.05) is 29.3 Å². The van der Waals surface area contributed by atoms with E-state index >= 15 is 0 Å². The number of hydrogen-bond acceptors (Lipinski definition) is 5. The molecule has 1 amide bonds. The molecule has 8 nitrogen and oxygen atoms in total. The third-order valence-corrected chi connectivity index (χ3v) is 6.11. The lowest BCUT2D eigenvalue weighted by Gasteiger charge is -2.12. The minimum atomic E-state index is -0.289. The molecule has 8 heteroatoms. The summed E-state index contributed by atoms with van der Waals surface area (Å²) < 4.78 is 13.9. The SMILES string of the molecule is COc1cc(NC(=O)Cn2c3ccc(C)cc3c3ncn(Cc4ccccc4)c(=O)c32)cc(OC)c1. The lowest BCUT2D eigenvalue weighted by atomic mass is 10.1. The van der Waals surface area contributed by atoms with Crippen LogP contribution < -0.4 is 20.3 Å². The second-order valence-corrected chi connectivity index (χ2v) is 8.62. The Labute approximate surface area is 207 Å². The summed E-state index contributed by atoms with van der Waals surface area (Å²) in [6, 6.07) is 20.8. The first kappa shape index (κ1) is 23.2. The Bertz CT molecular complexity index is 1610. The first-order valence-corrected chi connectivity index (χ1v) is 11.5. The molecule has 0 spiro atoms. The molecule has 36 heavy (non-hydrogen) atoms. The van der Waals surface area contributed by atoms with Gasteiger partial charge in [-0.05, 0) is 24.6 Å². The fraction of sp³-hybridized carbons (Fsp3) is 0.179. The van der Waals surface area contributed by atoms with Crippen molar-refractivity contribution in [3.05, 3.63) is 94.5 Å². The second kappa shape index (κ2) is 9.58. The zero-order valence-electron chi connectivity index (χ0n) is 20.3. The van der Waals surface area contributed by atoms with Crippen molar-refractivity contribution in [1.29, 1.82) is 0 Å². The van der Waals surface area contributed by atoms with Crippen LogP contribution in [0, 0.1) is 6.92 Å². The zero-order chi connectivity index (χ0) is 25.2. The maximum absolute atomic E-state index is 13.7. The topological polar surface area (TPSA) is 87.4 Å². The number of aromatic nitrogens is 3. The van der Waals surface area contributed by atoms with Gasteiger partial charge in [0.15, 0.2) is 0 Å². The minimum absolute atomic E-state index is 0.0607. The van der Waals surface area contributed by atoms with Crippen LogP contribution in [0.4, 0.5) is 5.69 Å². The number of nitrogens with one attached hydrogen (secondary N) is 1. The van der Waals surface area contributed by atoms with E-state index in [1.165, 1.54) is 0 Å². The molecule has 1 N–H and O–H groups in total. The summed E-state index contributed by atoms with van der Waals surface area (Å²) in [7, 11) is 3.10. The number of methoxy groups -OCH3 is 2. The van der Waals surface area contributed by atoms with Gasteiger partial charge in [0.25, 0.3) is 5.56 Å². The lowest BCUT2D eigenvalue weighted by Crippen LogP contribution is -2.25. The summed E-state index contributed by atoms with van der Waals surface area (Å²) in [6.45, 7) is 2.32. The van der Waals surface area contributed by atoms with Crippen LogP contribution in [0.25, 0.3) is 21.9 Å². The molecule has 0 bridgehead atoms. The Kier molecular flexibility index (Phi) is 6.16. The summed E-state index contributed by atoms with van der Waals surface area (Å²) >= 11 is 0. The van der Waals surface area contributed by atoms with Gasteiger partial charge in [0.05, 0.1) is 32.6 Å². The third kappa shape index (κ3) is 4.40. The van der Waals surface area contributed by atoms with E-state index < -0.39 is 0 Å². The molecule has 0 aliphatic heterocycles. The Hall–Kier alpha value is -4.59. The van der Waals surface area contributed by atoms with Crippen LogP contribution in [-0.4, -0.2) is 34.2 Å². The summed E-state index contributed by atoms with van der Waals surface area (Å²) in [4.78, 5) is 31.5. The van der Waals surface area contributed by atoms with Crippen molar-refractivity contribution < 1.29 is 14.3 Å². The molecule has 3 aromatic carbocycles. The van der Waals surface area contributed by atoms with Gasteiger partial charge < -0.3 is 19.4 Å². The molecule has 0 saturated heterocycles. The molecule has 5 rings (SSSR count). The molecule has 0 fully saturated rings. The van der Waals surface area contributed by atoms with Crippen LogP contribution in [0.1, 0.15) is 11.1 Å². The fourth-order valence-corrected chi connectivity index (χ4v) is 4.39. The van der Waals surface area contributed by atoms with Gasteiger partial charge >= 0.3 is 0 Å². The number of aryl methyl sites for hydroxylation is 1. The molecule has 0 aliphatic carbocycles. The number of amides is 1. The van der Waals surface area contributed by atoms with E-state index in [9.17, 15) is 9.59 Å². The molecule has 182 valence electrons. The van der Waals surface area contributed by atoms with Crippen LogP contribution in [0.3, 0.4) is 0 Å². The maximum Gasteiger partial charge on any atom is 0.278 e. The molecule has 2 aromatic heterocycles. The van der Waals surface area contributed by atoms with Gasteiger partial charge in [0.2, 0.25) is 5.91 Å². The molecule has 0 atom stereocenters. The first-order chi connectivity index (χ1) is 17.5. The van der Waals surface area contributed by atoms with Gasteiger partial charge in [-0.15, -0.1) is 0 Å². The summed E-state index contributed by atoms with van der Waals surface area (Å²) in [5.41, 5.74) is 4.12. The van der Waals surface area contributed by atoms with Crippen LogP contribution in [-0.2, 0) is 17.9 Å². The highest BCUT2D eigenvalue weighted by Gasteiger charge is 2.19. The average molecular weight is 483 g/mol. The van der Waals surface area contributed by atoms with Crippen LogP contribution >= 0.6 is 0 Å². The van der Waals surface area contributed by atoms with Crippen molar-refractivity contribution in [2.24, 2.45) is 0 Å². The highest BCUT2D eigenvalue weighted by molar-refractivity contribution is 6.06. The number of carbonyl (C=O) groups excluding carboxylic acids is 1. The van der Waals surface area contributed by atoms with E-state index in [2.05, 4.69) is 10.3 Å². The number of carbonyl (C=O) groups is 1. The first-order valence-electron chi connectivity index (χ1n) is 11.5. The number of rotatable bonds is 7. The van der Waals surface area contributed by atoms with Crippen molar-refractivity contribution in [2.75, 3.05) is 19.5 Å². The van der Waals surface area contributed by atoms with Gasteiger partial charge in [0.1, 0.15) is 29.1 Å². The molecule has 0 aliphatic rings. The van der Waals surface area contributed by atoms with E-state index in [-0.39, 0.29) is 18.0 Å². The number of benzene rings is 3. The zero-order valence-corrected chi connectivity index (χ0v) is 20.3. The van der Waals surface area contributed by atoms with Crippen molar-refractivity contribution >= 4 is 33.5 Å². The summed E-state index contributed by atoms with van der Waals surface area (Å²) in [5.74, 6) is 0.831. The normalized spacial score (nSPS) is 11.1. The van der Waals surface area contributed by atoms with Crippen LogP contribution in [0.5, 0.6) is 11.5 Å². The molecular formula is C28H26N4O4. The van der Waals surface area contributed by atoms with Crippen molar-refractivity contribution in [3.63, 3.8) is 0 Å². The monoisotopic (exact) mass is 482 g/mol. The van der Waals surface area contributed by atoms with E-state index in [0.29, 0.717) is 34.8 Å². The summed E-state index contributed by atoms with van der Waals surface area (Å²) in [6.07, 6.45) is 1.58. The van der Waals surface area contributed by atoms with Gasteiger partial charge in [-0.25, -0.2) is 4.98 Å². The Morgan fingerprint density at radius 1 is 0.972 bits per heavy atom. The van der Waals surface area contributed by atoms with Gasteiger partial charge in [-0.1, -0.05) is 42.0 Å². The minimum Gasteiger partial charge on any atom is -0.497 e. The largest absolute Gasteiger partial charge is 0.497 e. The predicted octanol–water partition coefficient (Wildman–Crippen LogP) is 4.36. The molecule has 0 radical (unpaired) electrons. The molecular weight excluding hydrogens is 456 g/mol. The van der Waals surface area contributed by atoms with E-state index in [1.807, 2.05) is 55.5 Å².